The molecule has 0 bridgehead atoms. The zero-order valence-corrected chi connectivity index (χ0v) is 15.3. The number of hydrogen-bond acceptors (Lipinski definition) is 4. The fourth-order valence-corrected chi connectivity index (χ4v) is 2.24. The quantitative estimate of drug-likeness (QED) is 0.299. The Balaban J connectivity index is 2.05. The van der Waals surface area contributed by atoms with E-state index >= 15 is 0 Å². The number of nitrogens with one attached hydrogen (secondary N) is 2. The van der Waals surface area contributed by atoms with E-state index in [-0.39, 0.29) is 17.4 Å². The van der Waals surface area contributed by atoms with Gasteiger partial charge in [0.25, 0.3) is 11.9 Å². The number of rotatable bonds is 7. The lowest BCUT2D eigenvalue weighted by molar-refractivity contribution is -0.456. The lowest BCUT2D eigenvalue weighted by Crippen LogP contribution is -2.63. The van der Waals surface area contributed by atoms with Gasteiger partial charge in [-0.05, 0) is 30.3 Å². The molecule has 6 N–H and O–H groups in total. The van der Waals surface area contributed by atoms with Gasteiger partial charge in [0, 0.05) is 10.7 Å². The summed E-state index contributed by atoms with van der Waals surface area (Å²) in [5, 5.41) is 8.31. The van der Waals surface area contributed by atoms with Crippen molar-refractivity contribution in [2.75, 3.05) is 19.0 Å². The van der Waals surface area contributed by atoms with Gasteiger partial charge in [-0.2, -0.15) is 13.2 Å². The number of anilines is 1. The van der Waals surface area contributed by atoms with Crippen molar-refractivity contribution in [1.29, 1.82) is 0 Å². The van der Waals surface area contributed by atoms with E-state index in [9.17, 15) is 18.0 Å². The summed E-state index contributed by atoms with van der Waals surface area (Å²) < 4.78 is 49.5. The summed E-state index contributed by atoms with van der Waals surface area (Å²) in [5.74, 6) is -0.375. The molecule has 154 valence electrons. The Morgan fingerprint density at radius 2 is 1.93 bits per heavy atom. The molecule has 0 aliphatic rings. The molecule has 2 aromatic rings. The molecule has 0 saturated heterocycles. The molecule has 8 nitrogen and oxygen atoms in total. The number of para-hydroxylation sites is 1. The summed E-state index contributed by atoms with van der Waals surface area (Å²) in [6.07, 6.45) is -3.10. The number of hydrogen-bond donors (Lipinski definition) is 4. The average molecular weight is 410 g/mol. The molecule has 0 atom stereocenters. The first-order valence-corrected chi connectivity index (χ1v) is 8.15. The number of ether oxygens (including phenoxy) is 2. The normalized spacial score (nSPS) is 11.2. The van der Waals surface area contributed by atoms with Gasteiger partial charge in [0.15, 0.2) is 18.1 Å². The lowest BCUT2D eigenvalue weighted by Gasteiger charge is -2.14. The zero-order chi connectivity index (χ0) is 21.4. The fraction of sp³-hybridized carbons (Fsp3) is 0.167. The number of nitrogens with two attached hydrogens (primary N) is 2. The highest BCUT2D eigenvalue weighted by Crippen LogP contribution is 2.34. The molecule has 29 heavy (non-hydrogen) atoms. The largest absolute Gasteiger partial charge is 0.493 e. The van der Waals surface area contributed by atoms with Crippen molar-refractivity contribution in [2.45, 2.75) is 6.18 Å². The topological polar surface area (TPSA) is 126 Å². The zero-order valence-electron chi connectivity index (χ0n) is 15.3. The molecule has 2 aromatic carbocycles. The molecule has 0 saturated carbocycles. The maximum Gasteiger partial charge on any atom is 0.418 e. The van der Waals surface area contributed by atoms with Gasteiger partial charge >= 0.3 is 6.18 Å². The maximum absolute atomic E-state index is 13.0. The minimum atomic E-state index is -4.59. The van der Waals surface area contributed by atoms with Crippen molar-refractivity contribution in [3.8, 4) is 11.5 Å². The van der Waals surface area contributed by atoms with Crippen molar-refractivity contribution in [1.82, 2.24) is 0 Å². The highest BCUT2D eigenvalue weighted by molar-refractivity contribution is 5.92. The molecule has 0 fully saturated rings. The SMILES string of the molecule is COc1cc(/C=[NH+]/N=C(N)N)ccc1OCC(=O)Nc1ccccc1C(F)(F)F. The van der Waals surface area contributed by atoms with E-state index in [1.807, 2.05) is 0 Å². The number of guanidine groups is 1. The first-order valence-electron chi connectivity index (χ1n) is 8.15. The predicted octanol–water partition coefficient (Wildman–Crippen LogP) is 0.419. The van der Waals surface area contributed by atoms with Crippen LogP contribution in [0.3, 0.4) is 0 Å². The number of alkyl halides is 3. The maximum atomic E-state index is 13.0. The van der Waals surface area contributed by atoms with Crippen LogP contribution in [0.1, 0.15) is 11.1 Å². The molecular weight excluding hydrogens is 391 g/mol. The molecule has 0 unspecified atom stereocenters. The average Bonchev–Trinajstić information content (AvgIpc) is 2.66. The van der Waals surface area contributed by atoms with Gasteiger partial charge < -0.3 is 26.3 Å². The minimum Gasteiger partial charge on any atom is -0.493 e. The van der Waals surface area contributed by atoms with E-state index in [1.54, 1.807) is 12.1 Å². The van der Waals surface area contributed by atoms with Crippen LogP contribution in [0.5, 0.6) is 11.5 Å². The van der Waals surface area contributed by atoms with Crippen molar-refractivity contribution in [3.05, 3.63) is 53.6 Å². The second-order valence-corrected chi connectivity index (χ2v) is 5.60. The molecule has 0 aliphatic carbocycles. The standard InChI is InChI=1S/C18H18F3N5O3/c1-28-15-8-11(9-24-26-17(22)23)6-7-14(15)29-10-16(27)25-13-5-3-2-4-12(13)18(19,20)21/h2-9H,10H2,1H3,(H,25,27)(H4,22,23,26)/p+1/b24-9+. The predicted molar refractivity (Wildman–Crippen MR) is 101 cm³/mol. The van der Waals surface area contributed by atoms with E-state index in [0.29, 0.717) is 11.3 Å². The second kappa shape index (κ2) is 9.44. The molecule has 0 spiro atoms. The third-order valence-corrected chi connectivity index (χ3v) is 3.48. The number of benzene rings is 2. The van der Waals surface area contributed by atoms with E-state index in [0.717, 1.165) is 12.1 Å². The van der Waals surface area contributed by atoms with Crippen LogP contribution in [0, 0.1) is 0 Å². The summed E-state index contributed by atoms with van der Waals surface area (Å²) in [6, 6.07) is 9.41. The molecule has 0 heterocycles. The van der Waals surface area contributed by atoms with E-state index in [2.05, 4.69) is 15.5 Å². The van der Waals surface area contributed by atoms with Gasteiger partial charge in [0.2, 0.25) is 6.21 Å². The van der Waals surface area contributed by atoms with Crippen LogP contribution in [0.15, 0.2) is 47.6 Å². The Bertz CT molecular complexity index is 925. The number of amides is 1. The number of methoxy groups -OCH3 is 1. The van der Waals surface area contributed by atoms with E-state index in [1.165, 1.54) is 31.5 Å². The highest BCUT2D eigenvalue weighted by atomic mass is 19.4. The number of hydrazone groups is 1. The Kier molecular flexibility index (Phi) is 7.01. The molecule has 0 aromatic heterocycles. The number of nitrogens with zero attached hydrogens (tertiary/aromatic N) is 1. The third-order valence-electron chi connectivity index (χ3n) is 3.48. The van der Waals surface area contributed by atoms with Crippen LogP contribution < -0.4 is 31.4 Å². The van der Waals surface area contributed by atoms with Crippen molar-refractivity contribution in [3.63, 3.8) is 0 Å². The smallest absolute Gasteiger partial charge is 0.418 e. The van der Waals surface area contributed by atoms with Gasteiger partial charge in [-0.3, -0.25) is 4.79 Å². The monoisotopic (exact) mass is 410 g/mol. The van der Waals surface area contributed by atoms with Gasteiger partial charge in [0.05, 0.1) is 18.4 Å². The molecule has 0 aliphatic heterocycles. The number of carbonyl (C=O) groups is 1. The first-order chi connectivity index (χ1) is 13.7. The Morgan fingerprint density at radius 1 is 1.21 bits per heavy atom. The van der Waals surface area contributed by atoms with Gasteiger partial charge in [-0.1, -0.05) is 12.1 Å². The molecule has 0 radical (unpaired) electrons. The van der Waals surface area contributed by atoms with Crippen LogP contribution in [-0.4, -0.2) is 31.8 Å². The fourth-order valence-electron chi connectivity index (χ4n) is 2.24. The molecule has 11 heteroatoms. The van der Waals surface area contributed by atoms with Crippen molar-refractivity contribution >= 4 is 23.8 Å². The summed E-state index contributed by atoms with van der Waals surface area (Å²) in [5.41, 5.74) is 9.73. The van der Waals surface area contributed by atoms with Crippen molar-refractivity contribution < 1.29 is 32.5 Å². The molecular formula is C18H19F3N5O3+. The van der Waals surface area contributed by atoms with Crippen LogP contribution in [0.25, 0.3) is 0 Å². The first kappa shape index (κ1) is 21.5. The molecule has 2 rings (SSSR count). The Labute approximate surface area is 164 Å². The summed E-state index contributed by atoms with van der Waals surface area (Å²) >= 11 is 0. The summed E-state index contributed by atoms with van der Waals surface area (Å²) in [4.78, 5) is 12.0. The lowest BCUT2D eigenvalue weighted by atomic mass is 10.1. The van der Waals surface area contributed by atoms with Crippen LogP contribution in [-0.2, 0) is 11.0 Å². The van der Waals surface area contributed by atoms with Gasteiger partial charge in [-0.25, -0.2) is 0 Å². The highest BCUT2D eigenvalue weighted by Gasteiger charge is 2.33. The van der Waals surface area contributed by atoms with Gasteiger partial charge in [-0.15, -0.1) is 5.10 Å². The molecule has 1 amide bonds. The number of halogens is 3. The van der Waals surface area contributed by atoms with E-state index < -0.39 is 24.3 Å². The second-order valence-electron chi connectivity index (χ2n) is 5.60. The summed E-state index contributed by atoms with van der Waals surface area (Å²) in [6.45, 7) is -0.516. The number of carbonyl (C=O) groups excluding carboxylic acids is 1. The van der Waals surface area contributed by atoms with Crippen molar-refractivity contribution in [2.24, 2.45) is 16.6 Å². The Hall–Kier alpha value is -3.76. The van der Waals surface area contributed by atoms with Crippen LogP contribution in [0.2, 0.25) is 0 Å². The Morgan fingerprint density at radius 3 is 2.59 bits per heavy atom. The minimum absolute atomic E-state index is 0.147. The van der Waals surface area contributed by atoms with Gasteiger partial charge in [0.1, 0.15) is 0 Å². The van der Waals surface area contributed by atoms with Crippen LogP contribution in [0.4, 0.5) is 18.9 Å². The third kappa shape index (κ3) is 6.41. The summed E-state index contributed by atoms with van der Waals surface area (Å²) in [7, 11) is 1.40. The van der Waals surface area contributed by atoms with Crippen LogP contribution >= 0.6 is 0 Å². The van der Waals surface area contributed by atoms with E-state index in [4.69, 9.17) is 20.9 Å².